The molecule has 0 radical (unpaired) electrons. The van der Waals surface area contributed by atoms with Gasteiger partial charge in [-0.05, 0) is 22.8 Å². The monoisotopic (exact) mass is 312 g/mol. The third-order valence-electron chi connectivity index (χ3n) is 3.13. The summed E-state index contributed by atoms with van der Waals surface area (Å²) in [7, 11) is -4.33. The lowest BCUT2D eigenvalue weighted by atomic mass is 9.99. The molecule has 0 atom stereocenters. The molecular weight excluding hydrogens is 300 g/mol. The van der Waals surface area contributed by atoms with E-state index in [9.17, 15) is 8.42 Å². The highest BCUT2D eigenvalue weighted by atomic mass is 32.2. The molecule has 6 heteroatoms. The van der Waals surface area contributed by atoms with Crippen molar-refractivity contribution < 1.29 is 13.0 Å². The Morgan fingerprint density at radius 2 is 1.64 bits per heavy atom. The normalized spacial score (nSPS) is 16.0. The topological polar surface area (TPSA) is 79.1 Å². The molecule has 1 N–H and O–H groups in total. The van der Waals surface area contributed by atoms with Gasteiger partial charge in [0.2, 0.25) is 5.04 Å². The van der Waals surface area contributed by atoms with E-state index in [1.807, 2.05) is 54.6 Å². The molecule has 0 spiro atoms. The van der Waals surface area contributed by atoms with Crippen molar-refractivity contribution in [1.82, 2.24) is 0 Å². The number of nitrogens with zero attached hydrogens (tertiary/aromatic N) is 2. The smallest absolute Gasteiger partial charge is 0.281 e. The van der Waals surface area contributed by atoms with Gasteiger partial charge in [-0.15, -0.1) is 0 Å². The third-order valence-corrected chi connectivity index (χ3v) is 3.85. The Balaban J connectivity index is 2.04. The zero-order valence-electron chi connectivity index (χ0n) is 11.4. The molecule has 0 bridgehead atoms. The lowest BCUT2D eigenvalue weighted by Crippen LogP contribution is -2.12. The maximum absolute atomic E-state index is 11.0. The second-order valence-corrected chi connectivity index (χ2v) is 6.01. The summed E-state index contributed by atoms with van der Waals surface area (Å²) in [6.45, 7) is 0. The molecule has 1 aliphatic rings. The summed E-state index contributed by atoms with van der Waals surface area (Å²) in [6.07, 6.45) is 2.71. The van der Waals surface area contributed by atoms with E-state index in [2.05, 4.69) is 9.98 Å². The van der Waals surface area contributed by atoms with Crippen LogP contribution in [0.4, 0.5) is 0 Å². The number of rotatable bonds is 2. The van der Waals surface area contributed by atoms with Crippen LogP contribution in [0.1, 0.15) is 5.56 Å². The van der Waals surface area contributed by atoms with Crippen LogP contribution >= 0.6 is 0 Å². The highest BCUT2D eigenvalue weighted by Gasteiger charge is 2.18. The van der Waals surface area contributed by atoms with Gasteiger partial charge in [-0.25, -0.2) is 9.98 Å². The Morgan fingerprint density at radius 3 is 2.32 bits per heavy atom. The van der Waals surface area contributed by atoms with Crippen molar-refractivity contribution in [2.24, 2.45) is 9.98 Å². The molecular formula is C16H12N2O3S. The van der Waals surface area contributed by atoms with Crippen molar-refractivity contribution in [3.8, 4) is 11.1 Å². The Labute approximate surface area is 128 Å². The SMILES string of the molecule is O=S(=O)(O)C1=NC(=Cc2ccccc2-c2ccccc2)N=C1. The fourth-order valence-corrected chi connectivity index (χ4v) is 2.52. The first-order chi connectivity index (χ1) is 10.5. The van der Waals surface area contributed by atoms with Crippen LogP contribution in [0, 0.1) is 0 Å². The number of hydrogen-bond acceptors (Lipinski definition) is 4. The number of benzene rings is 2. The quantitative estimate of drug-likeness (QED) is 0.866. The first kappa shape index (κ1) is 14.4. The van der Waals surface area contributed by atoms with Gasteiger partial charge < -0.3 is 0 Å². The summed E-state index contributed by atoms with van der Waals surface area (Å²) in [5.74, 6) is 0.232. The molecule has 0 aromatic heterocycles. The fourth-order valence-electron chi connectivity index (χ4n) is 2.13. The van der Waals surface area contributed by atoms with Crippen LogP contribution in [0.5, 0.6) is 0 Å². The van der Waals surface area contributed by atoms with Gasteiger partial charge in [0.15, 0.2) is 5.82 Å². The van der Waals surface area contributed by atoms with Crippen molar-refractivity contribution in [2.75, 3.05) is 0 Å². The van der Waals surface area contributed by atoms with E-state index in [-0.39, 0.29) is 5.82 Å². The van der Waals surface area contributed by atoms with Gasteiger partial charge in [0.1, 0.15) is 0 Å². The van der Waals surface area contributed by atoms with Crippen LogP contribution in [0.3, 0.4) is 0 Å². The van der Waals surface area contributed by atoms with Gasteiger partial charge in [0.05, 0.1) is 6.21 Å². The minimum atomic E-state index is -4.33. The summed E-state index contributed by atoms with van der Waals surface area (Å²) in [4.78, 5) is 7.71. The molecule has 110 valence electrons. The van der Waals surface area contributed by atoms with E-state index in [1.54, 1.807) is 6.08 Å². The van der Waals surface area contributed by atoms with Crippen molar-refractivity contribution in [3.05, 3.63) is 66.0 Å². The maximum atomic E-state index is 11.0. The first-order valence-corrected chi connectivity index (χ1v) is 7.94. The molecule has 0 saturated carbocycles. The van der Waals surface area contributed by atoms with Crippen LogP contribution in [-0.2, 0) is 10.1 Å². The Morgan fingerprint density at radius 1 is 0.955 bits per heavy atom. The lowest BCUT2D eigenvalue weighted by molar-refractivity contribution is 0.499. The molecule has 2 aromatic rings. The Kier molecular flexibility index (Phi) is 3.70. The standard InChI is InChI=1S/C16H12N2O3S/c19-22(20,21)16-11-17-15(18-16)10-13-8-4-5-9-14(13)12-6-2-1-3-7-12/h1-11H,(H,19,20,21). The molecule has 0 saturated heterocycles. The molecule has 2 aromatic carbocycles. The first-order valence-electron chi connectivity index (χ1n) is 6.50. The molecule has 0 unspecified atom stereocenters. The van der Waals surface area contributed by atoms with E-state index in [1.165, 1.54) is 0 Å². The minimum absolute atomic E-state index is 0.232. The molecule has 5 nitrogen and oxygen atoms in total. The third kappa shape index (κ3) is 3.03. The predicted octanol–water partition coefficient (Wildman–Crippen LogP) is 3.02. The average Bonchev–Trinajstić information content (AvgIpc) is 2.97. The van der Waals surface area contributed by atoms with Crippen molar-refractivity contribution in [1.29, 1.82) is 0 Å². The van der Waals surface area contributed by atoms with Gasteiger partial charge in [-0.3, -0.25) is 4.55 Å². The fraction of sp³-hybridized carbons (Fsp3) is 0. The summed E-state index contributed by atoms with van der Waals surface area (Å²) in [5.41, 5.74) is 2.89. The molecule has 0 amide bonds. The Hall–Kier alpha value is -2.57. The zero-order valence-corrected chi connectivity index (χ0v) is 12.2. The van der Waals surface area contributed by atoms with Gasteiger partial charge in [-0.1, -0.05) is 54.6 Å². The highest BCUT2D eigenvalue weighted by Crippen LogP contribution is 2.26. The second-order valence-electron chi connectivity index (χ2n) is 4.64. The summed E-state index contributed by atoms with van der Waals surface area (Å²) in [6, 6.07) is 17.5. The van der Waals surface area contributed by atoms with Crippen LogP contribution in [0.15, 0.2) is 70.4 Å². The van der Waals surface area contributed by atoms with Gasteiger partial charge in [-0.2, -0.15) is 8.42 Å². The van der Waals surface area contributed by atoms with E-state index < -0.39 is 15.2 Å². The van der Waals surface area contributed by atoms with Gasteiger partial charge >= 0.3 is 10.1 Å². The number of hydrogen-bond donors (Lipinski definition) is 1. The van der Waals surface area contributed by atoms with Crippen LogP contribution in [-0.4, -0.2) is 24.2 Å². The van der Waals surface area contributed by atoms with E-state index >= 15 is 0 Å². The summed E-state index contributed by atoms with van der Waals surface area (Å²) in [5, 5.41) is -0.448. The zero-order chi connectivity index (χ0) is 15.6. The van der Waals surface area contributed by atoms with Gasteiger partial charge in [0.25, 0.3) is 0 Å². The van der Waals surface area contributed by atoms with Crippen LogP contribution in [0.2, 0.25) is 0 Å². The van der Waals surface area contributed by atoms with Gasteiger partial charge in [0, 0.05) is 0 Å². The largest absolute Gasteiger partial charge is 0.313 e. The molecule has 0 fully saturated rings. The number of aliphatic imine (C=N–C) groups is 2. The predicted molar refractivity (Wildman–Crippen MR) is 87.3 cm³/mol. The van der Waals surface area contributed by atoms with Crippen molar-refractivity contribution in [3.63, 3.8) is 0 Å². The minimum Gasteiger partial charge on any atom is -0.281 e. The summed E-state index contributed by atoms with van der Waals surface area (Å²) < 4.78 is 31.0. The molecule has 22 heavy (non-hydrogen) atoms. The Bertz CT molecular complexity index is 898. The maximum Gasteiger partial charge on any atom is 0.313 e. The summed E-state index contributed by atoms with van der Waals surface area (Å²) >= 11 is 0. The lowest BCUT2D eigenvalue weighted by Gasteiger charge is -2.06. The van der Waals surface area contributed by atoms with E-state index in [0.717, 1.165) is 22.9 Å². The van der Waals surface area contributed by atoms with Crippen molar-refractivity contribution >= 4 is 27.5 Å². The molecule has 0 aliphatic carbocycles. The molecule has 1 aliphatic heterocycles. The molecule has 3 rings (SSSR count). The highest BCUT2D eigenvalue weighted by molar-refractivity contribution is 8.03. The molecule has 1 heterocycles. The second kappa shape index (κ2) is 5.67. The van der Waals surface area contributed by atoms with Crippen LogP contribution in [0.25, 0.3) is 17.2 Å². The average molecular weight is 312 g/mol. The van der Waals surface area contributed by atoms with Crippen LogP contribution < -0.4 is 0 Å². The van der Waals surface area contributed by atoms with E-state index in [4.69, 9.17) is 4.55 Å². The van der Waals surface area contributed by atoms with E-state index in [0.29, 0.717) is 0 Å². The van der Waals surface area contributed by atoms with Crippen molar-refractivity contribution in [2.45, 2.75) is 0 Å².